The van der Waals surface area contributed by atoms with Gasteiger partial charge in [0.25, 0.3) is 5.78 Å². The van der Waals surface area contributed by atoms with Crippen LogP contribution in [0, 0.1) is 13.8 Å². The average molecular weight is 395 g/mol. The number of nitrogens with zero attached hydrogens (tertiary/aromatic N) is 4. The molecule has 0 saturated heterocycles. The van der Waals surface area contributed by atoms with Crippen LogP contribution in [-0.2, 0) is 21.1 Å². The fourth-order valence-corrected chi connectivity index (χ4v) is 3.18. The van der Waals surface area contributed by atoms with Crippen molar-refractivity contribution < 1.29 is 22.0 Å². The molecule has 3 aromatic rings. The third-order valence-electron chi connectivity index (χ3n) is 3.68. The Hall–Kier alpha value is -2.95. The van der Waals surface area contributed by atoms with Crippen LogP contribution in [0.4, 0.5) is 14.5 Å². The molecule has 11 heteroatoms. The molecule has 8 nitrogen and oxygen atoms in total. The van der Waals surface area contributed by atoms with Crippen LogP contribution in [0.5, 0.6) is 0 Å². The van der Waals surface area contributed by atoms with Gasteiger partial charge in [-0.1, -0.05) is 0 Å². The number of amides is 1. The Balaban J connectivity index is 1.72. The predicted octanol–water partition coefficient (Wildman–Crippen LogP) is 1.92. The van der Waals surface area contributed by atoms with Crippen molar-refractivity contribution in [3.05, 3.63) is 47.5 Å². The van der Waals surface area contributed by atoms with Gasteiger partial charge in [0.2, 0.25) is 15.7 Å². The lowest BCUT2D eigenvalue weighted by Gasteiger charge is -2.06. The molecule has 1 aromatic carbocycles. The van der Waals surface area contributed by atoms with E-state index in [0.717, 1.165) is 23.5 Å². The largest absolute Gasteiger partial charge is 0.341 e. The van der Waals surface area contributed by atoms with E-state index >= 15 is 0 Å². The lowest BCUT2D eigenvalue weighted by Crippen LogP contribution is -2.16. The Morgan fingerprint density at radius 2 is 1.85 bits per heavy atom. The van der Waals surface area contributed by atoms with Gasteiger partial charge in [0, 0.05) is 17.1 Å². The zero-order valence-corrected chi connectivity index (χ0v) is 15.2. The minimum atomic E-state index is -4.67. The molecular formula is C16H15F2N5O3S. The van der Waals surface area contributed by atoms with Crippen molar-refractivity contribution in [3.8, 4) is 0 Å². The van der Waals surface area contributed by atoms with Gasteiger partial charge in [-0.25, -0.2) is 17.9 Å². The number of hydrogen-bond acceptors (Lipinski definition) is 6. The molecule has 1 N–H and O–H groups in total. The van der Waals surface area contributed by atoms with Gasteiger partial charge in [-0.05, 0) is 44.2 Å². The summed E-state index contributed by atoms with van der Waals surface area (Å²) in [6.07, 6.45) is -0.126. The molecule has 0 radical (unpaired) electrons. The second-order valence-electron chi connectivity index (χ2n) is 5.83. The zero-order valence-electron chi connectivity index (χ0n) is 14.3. The summed E-state index contributed by atoms with van der Waals surface area (Å²) in [5.74, 6) is -3.29. The number of nitrogens with one attached hydrogen (secondary N) is 1. The molecule has 0 aliphatic rings. The van der Waals surface area contributed by atoms with Crippen molar-refractivity contribution >= 4 is 27.2 Å². The number of carbonyl (C=O) groups is 1. The molecule has 0 unspecified atom stereocenters. The summed E-state index contributed by atoms with van der Waals surface area (Å²) in [5, 5.41) is 6.76. The van der Waals surface area contributed by atoms with Crippen molar-refractivity contribution in [1.29, 1.82) is 0 Å². The average Bonchev–Trinajstić information content (AvgIpc) is 2.97. The normalized spacial score (nSPS) is 11.9. The van der Waals surface area contributed by atoms with E-state index < -0.39 is 26.4 Å². The van der Waals surface area contributed by atoms with E-state index in [0.29, 0.717) is 5.78 Å². The van der Waals surface area contributed by atoms with E-state index in [2.05, 4.69) is 20.4 Å². The fraction of sp³-hybridized carbons (Fsp3) is 0.250. The third kappa shape index (κ3) is 3.92. The van der Waals surface area contributed by atoms with Crippen molar-refractivity contribution in [2.24, 2.45) is 0 Å². The third-order valence-corrected chi connectivity index (χ3v) is 5.08. The van der Waals surface area contributed by atoms with E-state index in [-0.39, 0.29) is 17.9 Å². The molecule has 27 heavy (non-hydrogen) atoms. The van der Waals surface area contributed by atoms with Gasteiger partial charge >= 0.3 is 5.76 Å². The smallest absolute Gasteiger partial charge is 0.326 e. The first-order valence-electron chi connectivity index (χ1n) is 7.78. The molecule has 1 amide bonds. The number of halogens is 2. The summed E-state index contributed by atoms with van der Waals surface area (Å²) in [6, 6.07) is 6.33. The Morgan fingerprint density at radius 1 is 1.19 bits per heavy atom. The number of fused-ring (bicyclic) bond motifs is 1. The Labute approximate surface area is 153 Å². The predicted molar refractivity (Wildman–Crippen MR) is 92.2 cm³/mol. The van der Waals surface area contributed by atoms with E-state index in [1.807, 2.05) is 19.9 Å². The van der Waals surface area contributed by atoms with E-state index in [4.69, 9.17) is 0 Å². The topological polar surface area (TPSA) is 106 Å². The Morgan fingerprint density at radius 3 is 2.48 bits per heavy atom. The number of carbonyl (C=O) groups excluding carboxylic acids is 1. The molecule has 0 atom stereocenters. The summed E-state index contributed by atoms with van der Waals surface area (Å²) in [4.78, 5) is 20.1. The number of benzene rings is 1. The van der Waals surface area contributed by atoms with Crippen molar-refractivity contribution in [2.45, 2.75) is 30.9 Å². The summed E-state index contributed by atoms with van der Waals surface area (Å²) in [6.45, 7) is 3.67. The van der Waals surface area contributed by atoms with Gasteiger partial charge in [0.15, 0.2) is 5.82 Å². The highest BCUT2D eigenvalue weighted by Gasteiger charge is 2.26. The van der Waals surface area contributed by atoms with Crippen molar-refractivity contribution in [2.75, 3.05) is 5.32 Å². The van der Waals surface area contributed by atoms with Crippen LogP contribution in [0.1, 0.15) is 17.2 Å². The van der Waals surface area contributed by atoms with Crippen LogP contribution in [0.15, 0.2) is 35.2 Å². The highest BCUT2D eigenvalue weighted by Crippen LogP contribution is 2.20. The van der Waals surface area contributed by atoms with Crippen molar-refractivity contribution in [3.63, 3.8) is 0 Å². The van der Waals surface area contributed by atoms with Crippen LogP contribution in [0.25, 0.3) is 5.78 Å². The molecule has 142 valence electrons. The minimum Gasteiger partial charge on any atom is -0.326 e. The summed E-state index contributed by atoms with van der Waals surface area (Å²) >= 11 is 0. The number of aromatic nitrogens is 4. The number of sulfone groups is 1. The van der Waals surface area contributed by atoms with Gasteiger partial charge < -0.3 is 5.32 Å². The maximum absolute atomic E-state index is 12.5. The number of aryl methyl sites for hydroxylation is 2. The molecule has 0 bridgehead atoms. The zero-order chi connectivity index (χ0) is 19.8. The van der Waals surface area contributed by atoms with Crippen LogP contribution < -0.4 is 5.32 Å². The maximum Gasteiger partial charge on any atom is 0.341 e. The van der Waals surface area contributed by atoms with Crippen LogP contribution >= 0.6 is 0 Å². The van der Waals surface area contributed by atoms with Gasteiger partial charge in [-0.2, -0.15) is 13.8 Å². The first kappa shape index (κ1) is 18.8. The lowest BCUT2D eigenvalue weighted by atomic mass is 10.3. The lowest BCUT2D eigenvalue weighted by molar-refractivity contribution is -0.115. The minimum absolute atomic E-state index is 0.126. The second kappa shape index (κ2) is 6.99. The highest BCUT2D eigenvalue weighted by molar-refractivity contribution is 7.91. The SMILES string of the molecule is Cc1cc(C)n2nc(CC(=O)Nc3ccc(S(=O)(=O)C(F)F)cc3)nc2n1. The van der Waals surface area contributed by atoms with Gasteiger partial charge in [0.05, 0.1) is 11.3 Å². The maximum atomic E-state index is 12.5. The molecule has 0 saturated carbocycles. The molecule has 3 rings (SSSR count). The van der Waals surface area contributed by atoms with Crippen LogP contribution in [0.2, 0.25) is 0 Å². The fourth-order valence-electron chi connectivity index (χ4n) is 2.46. The monoisotopic (exact) mass is 395 g/mol. The molecule has 2 aromatic heterocycles. The quantitative estimate of drug-likeness (QED) is 0.707. The second-order valence-corrected chi connectivity index (χ2v) is 7.75. The van der Waals surface area contributed by atoms with Gasteiger partial charge in [-0.3, -0.25) is 4.79 Å². The van der Waals surface area contributed by atoms with Gasteiger partial charge in [-0.15, -0.1) is 5.10 Å². The number of alkyl halides is 2. The van der Waals surface area contributed by atoms with Crippen LogP contribution in [0.3, 0.4) is 0 Å². The highest BCUT2D eigenvalue weighted by atomic mass is 32.2. The molecule has 0 fully saturated rings. The van der Waals surface area contributed by atoms with E-state index in [1.165, 1.54) is 16.6 Å². The molecule has 2 heterocycles. The van der Waals surface area contributed by atoms with Crippen LogP contribution in [-0.4, -0.2) is 39.7 Å². The molecule has 0 aliphatic carbocycles. The first-order chi connectivity index (χ1) is 12.7. The number of rotatable bonds is 5. The molecule has 0 spiro atoms. The van der Waals surface area contributed by atoms with Gasteiger partial charge in [0.1, 0.15) is 0 Å². The standard InChI is InChI=1S/C16H15F2N5O3S/c1-9-7-10(2)23-16(19-9)21-13(22-23)8-14(24)20-11-3-5-12(6-4-11)27(25,26)15(17)18/h3-7,15H,8H2,1-2H3,(H,20,24). The Bertz CT molecular complexity index is 1110. The summed E-state index contributed by atoms with van der Waals surface area (Å²) in [7, 11) is -4.67. The van der Waals surface area contributed by atoms with Crippen molar-refractivity contribution in [1.82, 2.24) is 19.6 Å². The molecule has 0 aliphatic heterocycles. The first-order valence-corrected chi connectivity index (χ1v) is 9.33. The molecular weight excluding hydrogens is 380 g/mol. The summed E-state index contributed by atoms with van der Waals surface area (Å²) < 4.78 is 49.3. The number of hydrogen-bond donors (Lipinski definition) is 1. The Kier molecular flexibility index (Phi) is 4.87. The summed E-state index contributed by atoms with van der Waals surface area (Å²) in [5.41, 5.74) is 1.87. The number of anilines is 1. The van der Waals surface area contributed by atoms with E-state index in [9.17, 15) is 22.0 Å². The van der Waals surface area contributed by atoms with E-state index in [1.54, 1.807) is 0 Å².